The molecule has 0 saturated carbocycles. The van der Waals surface area contributed by atoms with Crippen LogP contribution in [0.2, 0.25) is 0 Å². The van der Waals surface area contributed by atoms with Gasteiger partial charge in [0.2, 0.25) is 0 Å². The molecule has 206 valence electrons. The predicted octanol–water partition coefficient (Wildman–Crippen LogP) is 7.75. The van der Waals surface area contributed by atoms with Crippen molar-refractivity contribution in [1.82, 2.24) is 0 Å². The normalized spacial score (nSPS) is 11.1. The lowest BCUT2D eigenvalue weighted by atomic mass is 9.97. The first-order valence-electron chi connectivity index (χ1n) is 13.6. The first-order valence-corrected chi connectivity index (χ1v) is 13.6. The maximum Gasteiger partial charge on any atom is 0.338 e. The molecule has 5 heteroatoms. The van der Waals surface area contributed by atoms with E-state index in [-0.39, 0.29) is 18.5 Å². The third-order valence-electron chi connectivity index (χ3n) is 6.41. The number of rotatable bonds is 11. The highest BCUT2D eigenvalue weighted by Crippen LogP contribution is 2.28. The van der Waals surface area contributed by atoms with Crippen LogP contribution in [0.15, 0.2) is 103 Å². The van der Waals surface area contributed by atoms with Gasteiger partial charge in [0.25, 0.3) is 0 Å². The Morgan fingerprint density at radius 1 is 0.675 bits per heavy atom. The van der Waals surface area contributed by atoms with E-state index < -0.39 is 5.41 Å². The molecule has 40 heavy (non-hydrogen) atoms. The van der Waals surface area contributed by atoms with Crippen LogP contribution < -0.4 is 9.47 Å². The number of aryl methyl sites for hydroxylation is 2. The average Bonchev–Trinajstić information content (AvgIpc) is 2.96. The van der Waals surface area contributed by atoms with Gasteiger partial charge in [-0.25, -0.2) is 4.79 Å². The molecule has 0 aliphatic rings. The van der Waals surface area contributed by atoms with Crippen molar-refractivity contribution in [3.05, 3.63) is 131 Å². The van der Waals surface area contributed by atoms with Gasteiger partial charge in [0.1, 0.15) is 24.7 Å². The molecule has 0 unspecified atom stereocenters. The van der Waals surface area contributed by atoms with Crippen LogP contribution in [0.3, 0.4) is 0 Å². The Labute approximate surface area is 236 Å². The first-order chi connectivity index (χ1) is 19.3. The van der Waals surface area contributed by atoms with Gasteiger partial charge in [-0.1, -0.05) is 72.8 Å². The molecule has 0 aliphatic carbocycles. The monoisotopic (exact) mass is 536 g/mol. The second kappa shape index (κ2) is 13.6. The highest BCUT2D eigenvalue weighted by Gasteiger charge is 2.24. The van der Waals surface area contributed by atoms with Crippen LogP contribution in [0, 0.1) is 5.41 Å². The Morgan fingerprint density at radius 2 is 1.30 bits per heavy atom. The summed E-state index contributed by atoms with van der Waals surface area (Å²) >= 11 is 0. The summed E-state index contributed by atoms with van der Waals surface area (Å²) in [7, 11) is 0. The Bertz CT molecular complexity index is 1390. The van der Waals surface area contributed by atoms with Crippen LogP contribution in [0.1, 0.15) is 59.8 Å². The maximum atomic E-state index is 12.4. The van der Waals surface area contributed by atoms with Gasteiger partial charge >= 0.3 is 11.9 Å². The molecule has 0 heterocycles. The summed E-state index contributed by atoms with van der Waals surface area (Å²) < 4.78 is 17.2. The Kier molecular flexibility index (Phi) is 9.74. The smallest absolute Gasteiger partial charge is 0.338 e. The van der Waals surface area contributed by atoms with Gasteiger partial charge in [-0.3, -0.25) is 4.79 Å². The van der Waals surface area contributed by atoms with E-state index in [0.29, 0.717) is 17.9 Å². The van der Waals surface area contributed by atoms with Gasteiger partial charge in [0, 0.05) is 0 Å². The Morgan fingerprint density at radius 3 is 1.93 bits per heavy atom. The van der Waals surface area contributed by atoms with Crippen LogP contribution >= 0.6 is 0 Å². The minimum Gasteiger partial charge on any atom is -0.489 e. The van der Waals surface area contributed by atoms with Gasteiger partial charge in [-0.05, 0) is 92.6 Å². The Hall–Kier alpha value is -4.38. The standard InChI is InChI=1S/C35H36O5/c1-35(2,3)34(37)40-31-21-22-32(38-24-27-11-6-4-7-12-27)30(23-31)16-10-15-26-17-19-29(20-18-26)33(36)39-25-28-13-8-5-9-14-28/h4-9,11-14,17-23H,10,15-16,24-25H2,1-3H3. The molecule has 0 aliphatic heterocycles. The summed E-state index contributed by atoms with van der Waals surface area (Å²) in [5.41, 5.74) is 4.08. The van der Waals surface area contributed by atoms with E-state index >= 15 is 0 Å². The van der Waals surface area contributed by atoms with Gasteiger partial charge < -0.3 is 14.2 Å². The van der Waals surface area contributed by atoms with E-state index in [9.17, 15) is 9.59 Å². The second-order valence-corrected chi connectivity index (χ2v) is 10.8. The zero-order valence-electron chi connectivity index (χ0n) is 23.4. The zero-order chi connectivity index (χ0) is 28.4. The summed E-state index contributed by atoms with van der Waals surface area (Å²) in [4.78, 5) is 24.9. The average molecular weight is 537 g/mol. The molecular weight excluding hydrogens is 500 g/mol. The van der Waals surface area contributed by atoms with Crippen molar-refractivity contribution in [1.29, 1.82) is 0 Å². The molecule has 0 bridgehead atoms. The lowest BCUT2D eigenvalue weighted by molar-refractivity contribution is -0.143. The van der Waals surface area contributed by atoms with Gasteiger partial charge in [0.15, 0.2) is 0 Å². The summed E-state index contributed by atoms with van der Waals surface area (Å²) in [5, 5.41) is 0. The Balaban J connectivity index is 1.37. The third kappa shape index (κ3) is 8.57. The number of ether oxygens (including phenoxy) is 3. The molecule has 0 saturated heterocycles. The predicted molar refractivity (Wildman–Crippen MR) is 156 cm³/mol. The van der Waals surface area contributed by atoms with Crippen LogP contribution in [0.25, 0.3) is 0 Å². The molecule has 0 N–H and O–H groups in total. The van der Waals surface area contributed by atoms with E-state index in [2.05, 4.69) is 0 Å². The van der Waals surface area contributed by atoms with Crippen molar-refractivity contribution in [2.45, 2.75) is 53.2 Å². The third-order valence-corrected chi connectivity index (χ3v) is 6.41. The molecule has 0 spiro atoms. The molecule has 0 aromatic heterocycles. The number of hydrogen-bond acceptors (Lipinski definition) is 5. The highest BCUT2D eigenvalue weighted by atomic mass is 16.5. The maximum absolute atomic E-state index is 12.4. The molecule has 4 aromatic rings. The topological polar surface area (TPSA) is 61.8 Å². The van der Waals surface area contributed by atoms with E-state index in [1.165, 1.54) is 0 Å². The lowest BCUT2D eigenvalue weighted by Crippen LogP contribution is -2.25. The van der Waals surface area contributed by atoms with Crippen molar-refractivity contribution in [3.8, 4) is 11.5 Å². The van der Waals surface area contributed by atoms with Crippen LogP contribution in [0.4, 0.5) is 0 Å². The fourth-order valence-corrected chi connectivity index (χ4v) is 4.05. The minimum absolute atomic E-state index is 0.250. The van der Waals surface area contributed by atoms with E-state index in [1.807, 2.05) is 118 Å². The molecule has 0 atom stereocenters. The van der Waals surface area contributed by atoms with E-state index in [4.69, 9.17) is 14.2 Å². The molecule has 0 amide bonds. The fraction of sp³-hybridized carbons (Fsp3) is 0.257. The summed E-state index contributed by atoms with van der Waals surface area (Å²) in [6.45, 7) is 6.21. The summed E-state index contributed by atoms with van der Waals surface area (Å²) in [5.74, 6) is 0.673. The van der Waals surface area contributed by atoms with Crippen molar-refractivity contribution < 1.29 is 23.8 Å². The van der Waals surface area contributed by atoms with Gasteiger partial charge in [-0.2, -0.15) is 0 Å². The van der Waals surface area contributed by atoms with Crippen molar-refractivity contribution >= 4 is 11.9 Å². The number of esters is 2. The molecule has 0 radical (unpaired) electrons. The molecule has 5 nitrogen and oxygen atoms in total. The summed E-state index contributed by atoms with van der Waals surface area (Å²) in [6.07, 6.45) is 2.42. The second-order valence-electron chi connectivity index (χ2n) is 10.8. The van der Waals surface area contributed by atoms with Crippen molar-refractivity contribution in [3.63, 3.8) is 0 Å². The number of hydrogen-bond donors (Lipinski definition) is 0. The van der Waals surface area contributed by atoms with Gasteiger partial charge in [0.05, 0.1) is 11.0 Å². The van der Waals surface area contributed by atoms with Crippen molar-refractivity contribution in [2.24, 2.45) is 5.41 Å². The minimum atomic E-state index is -0.594. The number of carbonyl (C=O) groups excluding carboxylic acids is 2. The molecular formula is C35H36O5. The highest BCUT2D eigenvalue weighted by molar-refractivity contribution is 5.89. The SMILES string of the molecule is CC(C)(C)C(=O)Oc1ccc(OCc2ccccc2)c(CCCc2ccc(C(=O)OCc3ccccc3)cc2)c1. The van der Waals surface area contributed by atoms with Crippen LogP contribution in [0.5, 0.6) is 11.5 Å². The number of carbonyl (C=O) groups is 2. The van der Waals surface area contributed by atoms with Crippen molar-refractivity contribution in [2.75, 3.05) is 0 Å². The molecule has 0 fully saturated rings. The quantitative estimate of drug-likeness (QED) is 0.145. The molecule has 4 aromatic carbocycles. The van der Waals surface area contributed by atoms with Crippen LogP contribution in [-0.4, -0.2) is 11.9 Å². The lowest BCUT2D eigenvalue weighted by Gasteiger charge is -2.18. The zero-order valence-corrected chi connectivity index (χ0v) is 23.4. The molecule has 4 rings (SSSR count). The number of benzene rings is 4. The van der Waals surface area contributed by atoms with Crippen LogP contribution in [-0.2, 0) is 35.6 Å². The first kappa shape index (κ1) is 28.6. The van der Waals surface area contributed by atoms with Gasteiger partial charge in [-0.15, -0.1) is 0 Å². The van der Waals surface area contributed by atoms with E-state index in [1.54, 1.807) is 6.07 Å². The fourth-order valence-electron chi connectivity index (χ4n) is 4.05. The largest absolute Gasteiger partial charge is 0.489 e. The summed E-state index contributed by atoms with van der Waals surface area (Å²) in [6, 6.07) is 32.8. The van der Waals surface area contributed by atoms with E-state index in [0.717, 1.165) is 47.3 Å².